The van der Waals surface area contributed by atoms with Gasteiger partial charge >= 0.3 is 0 Å². The summed E-state index contributed by atoms with van der Waals surface area (Å²) in [5.74, 6) is -4.32. The summed E-state index contributed by atoms with van der Waals surface area (Å²) >= 11 is 1.30. The number of fused-ring (bicyclic) bond motifs is 1. The molecule has 1 aliphatic heterocycles. The van der Waals surface area contributed by atoms with E-state index in [0.29, 0.717) is 27.8 Å². The fraction of sp³-hybridized carbons (Fsp3) is 0.136. The number of carbonyl (C=O) groups is 3. The monoisotopic (exact) mass is 426 g/mol. The predicted octanol–water partition coefficient (Wildman–Crippen LogP) is 4.35. The van der Waals surface area contributed by atoms with Crippen molar-refractivity contribution in [3.63, 3.8) is 0 Å². The fourth-order valence-corrected chi connectivity index (χ4v) is 4.18. The highest BCUT2D eigenvalue weighted by atomic mass is 32.1. The van der Waals surface area contributed by atoms with Crippen molar-refractivity contribution in [3.05, 3.63) is 81.5 Å². The molecule has 4 rings (SSSR count). The van der Waals surface area contributed by atoms with Crippen LogP contribution in [-0.2, 0) is 9.59 Å². The molecule has 152 valence electrons. The van der Waals surface area contributed by atoms with Gasteiger partial charge in [0.2, 0.25) is 17.6 Å². The predicted molar refractivity (Wildman–Crippen MR) is 110 cm³/mol. The maximum atomic E-state index is 14.3. The summed E-state index contributed by atoms with van der Waals surface area (Å²) in [5, 5.41) is 4.42. The smallest absolute Gasteiger partial charge is 0.244 e. The average molecular weight is 426 g/mol. The topological polar surface area (TPSA) is 66.5 Å². The van der Waals surface area contributed by atoms with Gasteiger partial charge in [0.15, 0.2) is 0 Å². The Labute approximate surface area is 174 Å². The second-order valence-electron chi connectivity index (χ2n) is 6.71. The molecule has 1 unspecified atom stereocenters. The van der Waals surface area contributed by atoms with Gasteiger partial charge in [0.25, 0.3) is 0 Å². The van der Waals surface area contributed by atoms with Gasteiger partial charge in [-0.15, -0.1) is 11.3 Å². The molecule has 2 aromatic carbocycles. The number of amides is 2. The second kappa shape index (κ2) is 7.79. The molecule has 2 amide bonds. The number of ketones is 1. The van der Waals surface area contributed by atoms with E-state index in [4.69, 9.17) is 0 Å². The summed E-state index contributed by atoms with van der Waals surface area (Å²) in [6.45, 7) is 1.71. The van der Waals surface area contributed by atoms with Gasteiger partial charge in [-0.1, -0.05) is 6.07 Å². The SMILES string of the molecule is CCN(C(=O)C1C(=O)Nc2ccc(C(=O)c3cccs3)cc21)c1ccc(F)cc1F. The number of halogens is 2. The first-order valence-electron chi connectivity index (χ1n) is 9.20. The van der Waals surface area contributed by atoms with E-state index in [1.807, 2.05) is 0 Å². The van der Waals surface area contributed by atoms with Gasteiger partial charge in [0.1, 0.15) is 17.6 Å². The summed E-state index contributed by atoms with van der Waals surface area (Å²) in [5.41, 5.74) is 1.02. The standard InChI is InChI=1S/C22H16F2N2O3S/c1-2-26(17-8-6-13(23)11-15(17)24)22(29)19-14-10-12(5-7-16(14)25-21(19)28)20(27)18-4-3-9-30-18/h3-11,19H,2H2,1H3,(H,25,28). The molecule has 1 N–H and O–H groups in total. The molecule has 0 saturated heterocycles. The Morgan fingerprint density at radius 2 is 1.93 bits per heavy atom. The third-order valence-electron chi connectivity index (χ3n) is 4.92. The van der Waals surface area contributed by atoms with Crippen LogP contribution < -0.4 is 10.2 Å². The molecule has 0 bridgehead atoms. The minimum Gasteiger partial charge on any atom is -0.325 e. The third kappa shape index (κ3) is 3.39. The number of rotatable bonds is 5. The number of nitrogens with zero attached hydrogens (tertiary/aromatic N) is 1. The lowest BCUT2D eigenvalue weighted by atomic mass is 9.95. The number of hydrogen-bond donors (Lipinski definition) is 1. The second-order valence-corrected chi connectivity index (χ2v) is 7.66. The summed E-state index contributed by atoms with van der Waals surface area (Å²) in [7, 11) is 0. The van der Waals surface area contributed by atoms with E-state index < -0.39 is 29.4 Å². The Hall–Kier alpha value is -3.39. The highest BCUT2D eigenvalue weighted by Gasteiger charge is 2.40. The van der Waals surface area contributed by atoms with E-state index in [0.717, 1.165) is 17.0 Å². The highest BCUT2D eigenvalue weighted by Crippen LogP contribution is 2.36. The van der Waals surface area contributed by atoms with Crippen molar-refractivity contribution in [1.29, 1.82) is 0 Å². The zero-order chi connectivity index (χ0) is 21.4. The summed E-state index contributed by atoms with van der Waals surface area (Å²) in [6.07, 6.45) is 0. The van der Waals surface area contributed by atoms with Crippen LogP contribution in [-0.4, -0.2) is 24.1 Å². The largest absolute Gasteiger partial charge is 0.325 e. The van der Waals surface area contributed by atoms with Crippen molar-refractivity contribution in [2.45, 2.75) is 12.8 Å². The van der Waals surface area contributed by atoms with Crippen molar-refractivity contribution in [2.24, 2.45) is 0 Å². The molecular weight excluding hydrogens is 410 g/mol. The molecule has 0 aliphatic carbocycles. The Kier molecular flexibility index (Phi) is 5.17. The molecule has 1 atom stereocenters. The van der Waals surface area contributed by atoms with E-state index in [1.54, 1.807) is 36.6 Å². The molecule has 2 heterocycles. The first-order valence-corrected chi connectivity index (χ1v) is 10.1. The number of anilines is 2. The normalized spacial score (nSPS) is 14.9. The van der Waals surface area contributed by atoms with Crippen molar-refractivity contribution >= 4 is 40.3 Å². The number of benzene rings is 2. The number of carbonyl (C=O) groups excluding carboxylic acids is 3. The zero-order valence-electron chi connectivity index (χ0n) is 15.8. The summed E-state index contributed by atoms with van der Waals surface area (Å²) in [6, 6.07) is 11.0. The maximum Gasteiger partial charge on any atom is 0.244 e. The molecule has 8 heteroatoms. The molecule has 0 saturated carbocycles. The lowest BCUT2D eigenvalue weighted by Gasteiger charge is -2.24. The quantitative estimate of drug-likeness (QED) is 0.487. The van der Waals surface area contributed by atoms with Crippen LogP contribution in [0.2, 0.25) is 0 Å². The van der Waals surface area contributed by atoms with Gasteiger partial charge in [-0.3, -0.25) is 14.4 Å². The molecule has 0 radical (unpaired) electrons. The molecule has 1 aromatic heterocycles. The van der Waals surface area contributed by atoms with Gasteiger partial charge in [-0.05, 0) is 54.3 Å². The number of likely N-dealkylation sites (N-methyl/N-ethyl adjacent to an activating group) is 1. The van der Waals surface area contributed by atoms with Crippen LogP contribution in [0.25, 0.3) is 0 Å². The number of hydrogen-bond acceptors (Lipinski definition) is 4. The summed E-state index contributed by atoms with van der Waals surface area (Å²) < 4.78 is 27.6. The van der Waals surface area contributed by atoms with E-state index in [2.05, 4.69) is 5.32 Å². The Balaban J connectivity index is 1.71. The molecule has 3 aromatic rings. The molecule has 1 aliphatic rings. The van der Waals surface area contributed by atoms with Crippen LogP contribution in [0.3, 0.4) is 0 Å². The van der Waals surface area contributed by atoms with Crippen molar-refractivity contribution in [1.82, 2.24) is 0 Å². The van der Waals surface area contributed by atoms with E-state index in [1.165, 1.54) is 17.4 Å². The fourth-order valence-electron chi connectivity index (χ4n) is 3.50. The number of nitrogens with one attached hydrogen (secondary N) is 1. The van der Waals surface area contributed by atoms with Gasteiger partial charge in [0, 0.05) is 23.9 Å². The van der Waals surface area contributed by atoms with Crippen LogP contribution in [0.15, 0.2) is 53.9 Å². The van der Waals surface area contributed by atoms with Crippen LogP contribution in [0.5, 0.6) is 0 Å². The molecule has 30 heavy (non-hydrogen) atoms. The molecular formula is C22H16F2N2O3S. The Morgan fingerprint density at radius 1 is 1.13 bits per heavy atom. The van der Waals surface area contributed by atoms with Gasteiger partial charge in [-0.25, -0.2) is 8.78 Å². The highest BCUT2D eigenvalue weighted by molar-refractivity contribution is 7.12. The Bertz CT molecular complexity index is 1160. The lowest BCUT2D eigenvalue weighted by molar-refractivity contribution is -0.126. The maximum absolute atomic E-state index is 14.3. The van der Waals surface area contributed by atoms with Crippen LogP contribution in [0, 0.1) is 11.6 Å². The van der Waals surface area contributed by atoms with Gasteiger partial charge in [-0.2, -0.15) is 0 Å². The van der Waals surface area contributed by atoms with Crippen LogP contribution >= 0.6 is 11.3 Å². The average Bonchev–Trinajstić information content (AvgIpc) is 3.36. The Morgan fingerprint density at radius 3 is 2.60 bits per heavy atom. The van der Waals surface area contributed by atoms with Gasteiger partial charge < -0.3 is 10.2 Å². The first kappa shape index (κ1) is 19.9. The molecule has 0 fully saturated rings. The van der Waals surface area contributed by atoms with E-state index in [-0.39, 0.29) is 18.0 Å². The summed E-state index contributed by atoms with van der Waals surface area (Å²) in [4.78, 5) is 40.1. The van der Waals surface area contributed by atoms with Crippen molar-refractivity contribution in [3.8, 4) is 0 Å². The van der Waals surface area contributed by atoms with Gasteiger partial charge in [0.05, 0.1) is 10.6 Å². The molecule has 0 spiro atoms. The lowest BCUT2D eigenvalue weighted by Crippen LogP contribution is -2.38. The van der Waals surface area contributed by atoms with Crippen LogP contribution in [0.1, 0.15) is 33.6 Å². The minimum absolute atomic E-state index is 0.0777. The van der Waals surface area contributed by atoms with E-state index in [9.17, 15) is 23.2 Å². The first-order chi connectivity index (χ1) is 14.4. The van der Waals surface area contributed by atoms with Crippen molar-refractivity contribution in [2.75, 3.05) is 16.8 Å². The van der Waals surface area contributed by atoms with Crippen molar-refractivity contribution < 1.29 is 23.2 Å². The third-order valence-corrected chi connectivity index (χ3v) is 5.79. The molecule has 5 nitrogen and oxygen atoms in total. The minimum atomic E-state index is -1.24. The zero-order valence-corrected chi connectivity index (χ0v) is 16.6. The van der Waals surface area contributed by atoms with E-state index >= 15 is 0 Å². The van der Waals surface area contributed by atoms with Crippen LogP contribution in [0.4, 0.5) is 20.2 Å². The number of thiophene rings is 1.